The molecule has 0 bridgehead atoms. The van der Waals surface area contributed by atoms with Crippen molar-refractivity contribution in [2.45, 2.75) is 50.8 Å². The number of pyridine rings is 1. The number of likely N-dealkylation sites (tertiary alicyclic amines) is 1. The highest BCUT2D eigenvalue weighted by Gasteiger charge is 2.48. The SMILES string of the molecule is CC1C(C(=O)N2CCC(C(=O)O)CC2)OC(=O)N1C1CCN(c2ccncc2)CC1. The van der Waals surface area contributed by atoms with Crippen molar-refractivity contribution in [3.8, 4) is 0 Å². The third kappa shape index (κ3) is 3.93. The number of aromatic nitrogens is 1. The van der Waals surface area contributed by atoms with E-state index in [1.165, 1.54) is 0 Å². The van der Waals surface area contributed by atoms with Crippen LogP contribution in [0.15, 0.2) is 24.5 Å². The first kappa shape index (κ1) is 20.4. The zero-order valence-electron chi connectivity index (χ0n) is 17.1. The van der Waals surface area contributed by atoms with E-state index < -0.39 is 24.1 Å². The Hall–Kier alpha value is -2.84. The Labute approximate surface area is 175 Å². The highest BCUT2D eigenvalue weighted by atomic mass is 16.6. The minimum Gasteiger partial charge on any atom is -0.481 e. The smallest absolute Gasteiger partial charge is 0.411 e. The zero-order chi connectivity index (χ0) is 21.3. The van der Waals surface area contributed by atoms with Gasteiger partial charge in [0.25, 0.3) is 5.91 Å². The Balaban J connectivity index is 1.35. The third-order valence-electron chi connectivity index (χ3n) is 6.60. The van der Waals surface area contributed by atoms with Gasteiger partial charge in [-0.2, -0.15) is 0 Å². The second kappa shape index (κ2) is 8.49. The molecule has 4 rings (SSSR count). The number of amides is 2. The van der Waals surface area contributed by atoms with Crippen LogP contribution in [0.25, 0.3) is 0 Å². The highest BCUT2D eigenvalue weighted by molar-refractivity contribution is 5.87. The highest BCUT2D eigenvalue weighted by Crippen LogP contribution is 2.30. The summed E-state index contributed by atoms with van der Waals surface area (Å²) in [6, 6.07) is 3.67. The summed E-state index contributed by atoms with van der Waals surface area (Å²) in [5.41, 5.74) is 1.12. The molecule has 0 saturated carbocycles. The summed E-state index contributed by atoms with van der Waals surface area (Å²) < 4.78 is 5.50. The number of rotatable bonds is 4. The number of carboxylic acid groups (broad SMARTS) is 1. The molecule has 0 aromatic carbocycles. The summed E-state index contributed by atoms with van der Waals surface area (Å²) >= 11 is 0. The Kier molecular flexibility index (Phi) is 5.78. The first-order chi connectivity index (χ1) is 14.5. The number of nitrogens with zero attached hydrogens (tertiary/aromatic N) is 4. The summed E-state index contributed by atoms with van der Waals surface area (Å²) in [5, 5.41) is 9.14. The van der Waals surface area contributed by atoms with E-state index in [2.05, 4.69) is 9.88 Å². The van der Waals surface area contributed by atoms with E-state index in [1.807, 2.05) is 19.1 Å². The van der Waals surface area contributed by atoms with Crippen molar-refractivity contribution < 1.29 is 24.2 Å². The normalized spacial score (nSPS) is 26.0. The van der Waals surface area contributed by atoms with Crippen LogP contribution in [-0.2, 0) is 14.3 Å². The second-order valence-corrected chi connectivity index (χ2v) is 8.31. The fraction of sp³-hybridized carbons (Fsp3) is 0.619. The van der Waals surface area contributed by atoms with E-state index in [-0.39, 0.29) is 18.0 Å². The standard InChI is InChI=1S/C21H28N4O5/c1-14-18(19(26)24-10-4-15(5-11-24)20(27)28)30-21(29)25(14)17-6-12-23(13-7-17)16-2-8-22-9-3-16/h2-3,8-9,14-15,17-18H,4-7,10-13H2,1H3,(H,27,28). The summed E-state index contributed by atoms with van der Waals surface area (Å²) in [6.45, 7) is 4.30. The maximum Gasteiger partial charge on any atom is 0.411 e. The minimum absolute atomic E-state index is 0.0427. The number of cyclic esters (lactones) is 1. The topological polar surface area (TPSA) is 103 Å². The van der Waals surface area contributed by atoms with Crippen LogP contribution in [-0.4, -0.2) is 82.2 Å². The Morgan fingerprint density at radius 1 is 1.07 bits per heavy atom. The van der Waals surface area contributed by atoms with Crippen molar-refractivity contribution in [2.24, 2.45) is 5.92 Å². The third-order valence-corrected chi connectivity index (χ3v) is 6.60. The van der Waals surface area contributed by atoms with Crippen molar-refractivity contribution in [3.63, 3.8) is 0 Å². The van der Waals surface area contributed by atoms with Crippen LogP contribution in [0.1, 0.15) is 32.6 Å². The Morgan fingerprint density at radius 3 is 2.30 bits per heavy atom. The van der Waals surface area contributed by atoms with E-state index in [0.717, 1.165) is 31.6 Å². The van der Waals surface area contributed by atoms with E-state index in [9.17, 15) is 14.4 Å². The van der Waals surface area contributed by atoms with Gasteiger partial charge in [-0.3, -0.25) is 19.5 Å². The molecule has 0 radical (unpaired) electrons. The van der Waals surface area contributed by atoms with E-state index in [4.69, 9.17) is 9.84 Å². The van der Waals surface area contributed by atoms with E-state index in [0.29, 0.717) is 25.9 Å². The fourth-order valence-corrected chi connectivity index (χ4v) is 4.80. The molecule has 0 spiro atoms. The van der Waals surface area contributed by atoms with Crippen LogP contribution in [0.4, 0.5) is 10.5 Å². The van der Waals surface area contributed by atoms with Crippen LogP contribution < -0.4 is 4.90 Å². The summed E-state index contributed by atoms with van der Waals surface area (Å²) in [4.78, 5) is 46.4. The molecular formula is C21H28N4O5. The summed E-state index contributed by atoms with van der Waals surface area (Å²) in [7, 11) is 0. The molecule has 2 atom stereocenters. The largest absolute Gasteiger partial charge is 0.481 e. The van der Waals surface area contributed by atoms with E-state index in [1.54, 1.807) is 22.2 Å². The number of aliphatic carboxylic acids is 1. The van der Waals surface area contributed by atoms with Gasteiger partial charge in [0.1, 0.15) is 0 Å². The number of carbonyl (C=O) groups is 3. The molecule has 3 saturated heterocycles. The predicted octanol–water partition coefficient (Wildman–Crippen LogP) is 1.58. The average Bonchev–Trinajstić information content (AvgIpc) is 3.08. The molecule has 162 valence electrons. The molecule has 3 aliphatic rings. The summed E-state index contributed by atoms with van der Waals surface area (Å²) in [6.07, 6.45) is 4.80. The van der Waals surface area contributed by atoms with Gasteiger partial charge in [0.05, 0.1) is 12.0 Å². The molecular weight excluding hydrogens is 388 g/mol. The Morgan fingerprint density at radius 2 is 1.70 bits per heavy atom. The molecule has 2 unspecified atom stereocenters. The average molecular weight is 416 g/mol. The van der Waals surface area contributed by atoms with Crippen LogP contribution in [0.3, 0.4) is 0 Å². The molecule has 3 fully saturated rings. The number of hydrogen-bond acceptors (Lipinski definition) is 6. The van der Waals surface area contributed by atoms with Crippen LogP contribution in [0, 0.1) is 5.92 Å². The molecule has 1 N–H and O–H groups in total. The van der Waals surface area contributed by atoms with Crippen molar-refractivity contribution in [2.75, 3.05) is 31.1 Å². The molecule has 9 heteroatoms. The number of carbonyl (C=O) groups excluding carboxylic acids is 2. The van der Waals surface area contributed by atoms with Crippen molar-refractivity contribution in [1.29, 1.82) is 0 Å². The lowest BCUT2D eigenvalue weighted by Crippen LogP contribution is -2.52. The molecule has 0 aliphatic carbocycles. The lowest BCUT2D eigenvalue weighted by molar-refractivity contribution is -0.148. The molecule has 9 nitrogen and oxygen atoms in total. The van der Waals surface area contributed by atoms with Gasteiger partial charge in [-0.15, -0.1) is 0 Å². The first-order valence-electron chi connectivity index (χ1n) is 10.6. The molecule has 30 heavy (non-hydrogen) atoms. The monoisotopic (exact) mass is 416 g/mol. The minimum atomic E-state index is -0.822. The lowest BCUT2D eigenvalue weighted by atomic mass is 9.96. The Bertz CT molecular complexity index is 788. The van der Waals surface area contributed by atoms with Gasteiger partial charge in [-0.05, 0) is 44.7 Å². The van der Waals surface area contributed by atoms with E-state index >= 15 is 0 Å². The maximum atomic E-state index is 13.0. The maximum absolute atomic E-state index is 13.0. The van der Waals surface area contributed by atoms with Gasteiger partial charge in [-0.1, -0.05) is 0 Å². The van der Waals surface area contributed by atoms with Crippen LogP contribution in [0.2, 0.25) is 0 Å². The van der Waals surface area contributed by atoms with Crippen LogP contribution >= 0.6 is 0 Å². The quantitative estimate of drug-likeness (QED) is 0.795. The van der Waals surface area contributed by atoms with Crippen molar-refractivity contribution in [3.05, 3.63) is 24.5 Å². The van der Waals surface area contributed by atoms with Gasteiger partial charge in [0.2, 0.25) is 6.10 Å². The molecule has 3 aliphatic heterocycles. The van der Waals surface area contributed by atoms with Crippen LogP contribution in [0.5, 0.6) is 0 Å². The lowest BCUT2D eigenvalue weighted by Gasteiger charge is -2.38. The van der Waals surface area contributed by atoms with Gasteiger partial charge < -0.3 is 19.6 Å². The molecule has 1 aromatic rings. The molecule has 4 heterocycles. The van der Waals surface area contributed by atoms with Gasteiger partial charge in [-0.25, -0.2) is 4.79 Å². The molecule has 2 amide bonds. The first-order valence-corrected chi connectivity index (χ1v) is 10.6. The number of piperidine rings is 2. The number of anilines is 1. The number of carboxylic acids is 1. The van der Waals surface area contributed by atoms with Crippen molar-refractivity contribution in [1.82, 2.24) is 14.8 Å². The zero-order valence-corrected chi connectivity index (χ0v) is 17.1. The number of hydrogen-bond donors (Lipinski definition) is 1. The predicted molar refractivity (Wildman–Crippen MR) is 108 cm³/mol. The second-order valence-electron chi connectivity index (χ2n) is 8.31. The van der Waals surface area contributed by atoms with Gasteiger partial charge in [0, 0.05) is 50.3 Å². The van der Waals surface area contributed by atoms with Gasteiger partial charge >= 0.3 is 12.1 Å². The van der Waals surface area contributed by atoms with Crippen molar-refractivity contribution >= 4 is 23.7 Å². The fourth-order valence-electron chi connectivity index (χ4n) is 4.80. The summed E-state index contributed by atoms with van der Waals surface area (Å²) in [5.74, 6) is -1.43. The molecule has 1 aromatic heterocycles. The van der Waals surface area contributed by atoms with Gasteiger partial charge in [0.15, 0.2) is 0 Å². The number of ether oxygens (including phenoxy) is 1.